The number of carbonyl (C=O) groups is 2. The third kappa shape index (κ3) is 4.67. The van der Waals surface area contributed by atoms with Crippen LogP contribution >= 0.6 is 11.3 Å². The summed E-state index contributed by atoms with van der Waals surface area (Å²) >= 11 is 1.30. The van der Waals surface area contributed by atoms with Crippen LogP contribution in [0.5, 0.6) is 0 Å². The average Bonchev–Trinajstić information content (AvgIpc) is 3.18. The molecule has 1 aliphatic carbocycles. The molecule has 1 fully saturated rings. The first-order valence-corrected chi connectivity index (χ1v) is 9.24. The smallest absolute Gasteiger partial charge is 0.260 e. The summed E-state index contributed by atoms with van der Waals surface area (Å²) in [4.78, 5) is 28.6. The number of nitrogens with two attached hydrogens (primary N) is 1. The largest absolute Gasteiger partial charge is 0.469 e. The highest BCUT2D eigenvalue weighted by molar-refractivity contribution is 7.14. The van der Waals surface area contributed by atoms with Gasteiger partial charge in [-0.25, -0.2) is 4.98 Å². The SMILES string of the molecule is Cc1occc1C(=O)Nc1nc(CC(=O)NC2CCC(N)CC2)cs1. The highest BCUT2D eigenvalue weighted by Crippen LogP contribution is 2.19. The van der Waals surface area contributed by atoms with Crippen LogP contribution < -0.4 is 16.4 Å². The van der Waals surface area contributed by atoms with E-state index in [4.69, 9.17) is 10.2 Å². The molecule has 0 aliphatic heterocycles. The van der Waals surface area contributed by atoms with Crippen molar-refractivity contribution in [1.82, 2.24) is 10.3 Å². The van der Waals surface area contributed by atoms with Crippen LogP contribution in [-0.4, -0.2) is 28.9 Å². The first kappa shape index (κ1) is 17.6. The maximum atomic E-state index is 12.1. The molecule has 2 aromatic rings. The van der Waals surface area contributed by atoms with E-state index in [0.29, 0.717) is 22.1 Å². The van der Waals surface area contributed by atoms with E-state index in [2.05, 4.69) is 15.6 Å². The fourth-order valence-corrected chi connectivity index (χ4v) is 3.64. The molecule has 2 heterocycles. The molecule has 134 valence electrons. The Morgan fingerprint density at radius 3 is 2.80 bits per heavy atom. The first-order valence-electron chi connectivity index (χ1n) is 8.36. The quantitative estimate of drug-likeness (QED) is 0.755. The van der Waals surface area contributed by atoms with E-state index in [9.17, 15) is 9.59 Å². The zero-order chi connectivity index (χ0) is 17.8. The van der Waals surface area contributed by atoms with E-state index in [1.54, 1.807) is 18.4 Å². The minimum atomic E-state index is -0.268. The van der Waals surface area contributed by atoms with Gasteiger partial charge in [0.2, 0.25) is 5.91 Å². The lowest BCUT2D eigenvalue weighted by Crippen LogP contribution is -2.41. The third-order valence-corrected chi connectivity index (χ3v) is 5.16. The van der Waals surface area contributed by atoms with Gasteiger partial charge >= 0.3 is 0 Å². The van der Waals surface area contributed by atoms with Gasteiger partial charge in [0.05, 0.1) is 23.9 Å². The fraction of sp³-hybridized carbons (Fsp3) is 0.471. The molecule has 0 saturated heterocycles. The lowest BCUT2D eigenvalue weighted by molar-refractivity contribution is -0.121. The van der Waals surface area contributed by atoms with Gasteiger partial charge in [-0.2, -0.15) is 0 Å². The van der Waals surface area contributed by atoms with Gasteiger partial charge in [0.1, 0.15) is 5.76 Å². The number of nitrogens with one attached hydrogen (secondary N) is 2. The Labute approximate surface area is 150 Å². The molecule has 3 rings (SSSR count). The average molecular weight is 362 g/mol. The highest BCUT2D eigenvalue weighted by atomic mass is 32.1. The molecule has 0 aromatic carbocycles. The van der Waals surface area contributed by atoms with Crippen LogP contribution in [0.25, 0.3) is 0 Å². The Morgan fingerprint density at radius 1 is 1.36 bits per heavy atom. The number of carbonyl (C=O) groups excluding carboxylic acids is 2. The molecule has 2 aromatic heterocycles. The molecule has 7 nitrogen and oxygen atoms in total. The topological polar surface area (TPSA) is 110 Å². The van der Waals surface area contributed by atoms with Crippen molar-refractivity contribution >= 4 is 28.3 Å². The fourth-order valence-electron chi connectivity index (χ4n) is 2.94. The van der Waals surface area contributed by atoms with Crippen molar-refractivity contribution in [2.45, 2.75) is 51.1 Å². The summed E-state index contributed by atoms with van der Waals surface area (Å²) in [5, 5.41) is 8.02. The first-order chi connectivity index (χ1) is 12.0. The van der Waals surface area contributed by atoms with Crippen LogP contribution in [0.1, 0.15) is 47.5 Å². The molecule has 4 N–H and O–H groups in total. The Bertz CT molecular complexity index is 747. The molecule has 2 amide bonds. The number of aryl methyl sites for hydroxylation is 1. The number of hydrogen-bond acceptors (Lipinski definition) is 6. The predicted molar refractivity (Wildman–Crippen MR) is 95.6 cm³/mol. The lowest BCUT2D eigenvalue weighted by atomic mass is 9.92. The van der Waals surface area contributed by atoms with Gasteiger partial charge in [-0.3, -0.25) is 14.9 Å². The summed E-state index contributed by atoms with van der Waals surface area (Å²) < 4.78 is 5.12. The van der Waals surface area contributed by atoms with Gasteiger partial charge in [0.15, 0.2) is 5.13 Å². The summed E-state index contributed by atoms with van der Waals surface area (Å²) in [6.07, 6.45) is 5.43. The van der Waals surface area contributed by atoms with E-state index in [1.165, 1.54) is 17.6 Å². The van der Waals surface area contributed by atoms with Gasteiger partial charge in [-0.1, -0.05) is 0 Å². The summed E-state index contributed by atoms with van der Waals surface area (Å²) in [5.74, 6) is 0.241. The number of hydrogen-bond donors (Lipinski definition) is 3. The van der Waals surface area contributed by atoms with Crippen LogP contribution in [0, 0.1) is 6.92 Å². The molecule has 1 saturated carbocycles. The molecule has 0 radical (unpaired) electrons. The molecular formula is C17H22N4O3S. The third-order valence-electron chi connectivity index (χ3n) is 4.35. The summed E-state index contributed by atoms with van der Waals surface area (Å²) in [6, 6.07) is 2.08. The second-order valence-electron chi connectivity index (χ2n) is 6.34. The minimum Gasteiger partial charge on any atom is -0.469 e. The molecule has 0 spiro atoms. The van der Waals surface area contributed by atoms with Crippen LogP contribution in [-0.2, 0) is 11.2 Å². The number of aromatic nitrogens is 1. The van der Waals surface area contributed by atoms with Crippen molar-refractivity contribution in [3.8, 4) is 0 Å². The van der Waals surface area contributed by atoms with Crippen LogP contribution in [0.3, 0.4) is 0 Å². The Morgan fingerprint density at radius 2 is 2.12 bits per heavy atom. The number of amides is 2. The van der Waals surface area contributed by atoms with Crippen LogP contribution in [0.4, 0.5) is 5.13 Å². The summed E-state index contributed by atoms with van der Waals surface area (Å²) in [7, 11) is 0. The molecule has 1 aliphatic rings. The Kier molecular flexibility index (Phi) is 5.50. The standard InChI is InChI=1S/C17H22N4O3S/c1-10-14(6-7-24-10)16(23)21-17-20-13(9-25-17)8-15(22)19-12-4-2-11(18)3-5-12/h6-7,9,11-12H,2-5,8,18H2,1H3,(H,19,22)(H,20,21,23). The molecular weight excluding hydrogens is 340 g/mol. The van der Waals surface area contributed by atoms with Crippen molar-refractivity contribution in [3.05, 3.63) is 34.7 Å². The van der Waals surface area contributed by atoms with E-state index >= 15 is 0 Å². The monoisotopic (exact) mass is 362 g/mol. The van der Waals surface area contributed by atoms with Crippen LogP contribution in [0.2, 0.25) is 0 Å². The Balaban J connectivity index is 1.50. The van der Waals surface area contributed by atoms with E-state index < -0.39 is 0 Å². The normalized spacial score (nSPS) is 20.2. The lowest BCUT2D eigenvalue weighted by Gasteiger charge is -2.26. The van der Waals surface area contributed by atoms with E-state index in [1.807, 2.05) is 0 Å². The van der Waals surface area contributed by atoms with Crippen molar-refractivity contribution in [1.29, 1.82) is 0 Å². The maximum absolute atomic E-state index is 12.1. The number of nitrogens with zero attached hydrogens (tertiary/aromatic N) is 1. The molecule has 0 atom stereocenters. The second kappa shape index (κ2) is 7.79. The highest BCUT2D eigenvalue weighted by Gasteiger charge is 2.20. The zero-order valence-electron chi connectivity index (χ0n) is 14.1. The minimum absolute atomic E-state index is 0.0469. The number of thiazole rings is 1. The predicted octanol–water partition coefficient (Wildman–Crippen LogP) is 2.23. The summed E-state index contributed by atoms with van der Waals surface area (Å²) in [6.45, 7) is 1.73. The second-order valence-corrected chi connectivity index (χ2v) is 7.20. The van der Waals surface area contributed by atoms with Crippen molar-refractivity contribution in [2.24, 2.45) is 5.73 Å². The van der Waals surface area contributed by atoms with E-state index in [0.717, 1.165) is 25.7 Å². The van der Waals surface area contributed by atoms with Crippen molar-refractivity contribution in [2.75, 3.05) is 5.32 Å². The number of rotatable bonds is 5. The summed E-state index contributed by atoms with van der Waals surface area (Å²) in [5.41, 5.74) is 7.00. The molecule has 25 heavy (non-hydrogen) atoms. The maximum Gasteiger partial charge on any atom is 0.260 e. The van der Waals surface area contributed by atoms with Crippen molar-refractivity contribution in [3.63, 3.8) is 0 Å². The van der Waals surface area contributed by atoms with Crippen LogP contribution in [0.15, 0.2) is 22.1 Å². The molecule has 0 bridgehead atoms. The van der Waals surface area contributed by atoms with Gasteiger partial charge in [-0.05, 0) is 38.7 Å². The van der Waals surface area contributed by atoms with Gasteiger partial charge in [0.25, 0.3) is 5.91 Å². The molecule has 0 unspecified atom stereocenters. The molecule has 8 heteroatoms. The van der Waals surface area contributed by atoms with Gasteiger partial charge in [-0.15, -0.1) is 11.3 Å². The Hall–Kier alpha value is -2.19. The van der Waals surface area contributed by atoms with E-state index in [-0.39, 0.29) is 30.3 Å². The number of furan rings is 1. The van der Waals surface area contributed by atoms with Gasteiger partial charge in [0, 0.05) is 17.5 Å². The van der Waals surface area contributed by atoms with Gasteiger partial charge < -0.3 is 15.5 Å². The zero-order valence-corrected chi connectivity index (χ0v) is 14.9. The van der Waals surface area contributed by atoms with Crippen molar-refractivity contribution < 1.29 is 14.0 Å². The number of anilines is 1.